The highest BCUT2D eigenvalue weighted by Crippen LogP contribution is 2.19. The molecule has 1 unspecified atom stereocenters. The zero-order valence-corrected chi connectivity index (χ0v) is 15.0. The molecule has 1 saturated carbocycles. The number of aliphatic hydroxyl groups is 1. The summed E-state index contributed by atoms with van der Waals surface area (Å²) in [6.45, 7) is 3.71. The fourth-order valence-corrected chi connectivity index (χ4v) is 4.02. The normalized spacial score (nSPS) is 22.8. The molecule has 24 heavy (non-hydrogen) atoms. The molecule has 0 spiro atoms. The Morgan fingerprint density at radius 1 is 1.21 bits per heavy atom. The molecule has 0 aromatic heterocycles. The van der Waals surface area contributed by atoms with Gasteiger partial charge >= 0.3 is 0 Å². The molecular formula is C17H26N2O4S. The number of aliphatic hydroxyl groups excluding tert-OH is 1. The Balaban J connectivity index is 1.99. The van der Waals surface area contributed by atoms with Crippen LogP contribution >= 0.6 is 0 Å². The molecule has 1 fully saturated rings. The van der Waals surface area contributed by atoms with Gasteiger partial charge in [0.15, 0.2) is 0 Å². The minimum atomic E-state index is -3.56. The Morgan fingerprint density at radius 3 is 2.33 bits per heavy atom. The molecule has 0 aliphatic heterocycles. The number of amides is 1. The predicted octanol–water partition coefficient (Wildman–Crippen LogP) is 1.80. The molecule has 6 nitrogen and oxygen atoms in total. The SMILES string of the molecule is CCC(C)NS(=O)(=O)c1ccc(C(=O)NC2CCC(O)CC2)cc1. The van der Waals surface area contributed by atoms with Crippen molar-refractivity contribution >= 4 is 15.9 Å². The van der Waals surface area contributed by atoms with Crippen LogP contribution in [-0.4, -0.2) is 37.6 Å². The van der Waals surface area contributed by atoms with Crippen molar-refractivity contribution < 1.29 is 18.3 Å². The van der Waals surface area contributed by atoms with Crippen molar-refractivity contribution in [3.63, 3.8) is 0 Å². The number of carbonyl (C=O) groups is 1. The third kappa shape index (κ3) is 5.03. The fourth-order valence-electron chi connectivity index (χ4n) is 2.69. The number of hydrogen-bond acceptors (Lipinski definition) is 4. The lowest BCUT2D eigenvalue weighted by molar-refractivity contribution is 0.0867. The van der Waals surface area contributed by atoms with E-state index in [0.717, 1.165) is 12.8 Å². The summed E-state index contributed by atoms with van der Waals surface area (Å²) in [4.78, 5) is 12.4. The highest BCUT2D eigenvalue weighted by atomic mass is 32.2. The number of hydrogen-bond donors (Lipinski definition) is 3. The van der Waals surface area contributed by atoms with E-state index in [1.807, 2.05) is 6.92 Å². The quantitative estimate of drug-likeness (QED) is 0.726. The van der Waals surface area contributed by atoms with Crippen LogP contribution in [-0.2, 0) is 10.0 Å². The van der Waals surface area contributed by atoms with Crippen molar-refractivity contribution in [1.29, 1.82) is 0 Å². The van der Waals surface area contributed by atoms with Gasteiger partial charge in [-0.25, -0.2) is 13.1 Å². The molecule has 2 rings (SSSR count). The van der Waals surface area contributed by atoms with Crippen molar-refractivity contribution in [2.24, 2.45) is 0 Å². The minimum absolute atomic E-state index is 0.0661. The Morgan fingerprint density at radius 2 is 1.79 bits per heavy atom. The summed E-state index contributed by atoms with van der Waals surface area (Å²) < 4.78 is 27.0. The van der Waals surface area contributed by atoms with Gasteiger partial charge in [-0.1, -0.05) is 6.92 Å². The predicted molar refractivity (Wildman–Crippen MR) is 92.2 cm³/mol. The average molecular weight is 354 g/mol. The highest BCUT2D eigenvalue weighted by Gasteiger charge is 2.22. The Labute approximate surface area is 143 Å². The molecule has 1 aliphatic carbocycles. The van der Waals surface area contributed by atoms with Crippen LogP contribution in [0.3, 0.4) is 0 Å². The Hall–Kier alpha value is -1.44. The standard InChI is InChI=1S/C17H26N2O4S/c1-3-12(2)19-24(22,23)16-10-4-13(5-11-16)17(21)18-14-6-8-15(20)9-7-14/h4-5,10-12,14-15,19-20H,3,6-9H2,1-2H3,(H,18,21). The second-order valence-corrected chi connectivity index (χ2v) is 8.15. The minimum Gasteiger partial charge on any atom is -0.393 e. The van der Waals surface area contributed by atoms with Crippen molar-refractivity contribution in [3.8, 4) is 0 Å². The van der Waals surface area contributed by atoms with Crippen LogP contribution in [0.25, 0.3) is 0 Å². The van der Waals surface area contributed by atoms with Gasteiger partial charge in [0.1, 0.15) is 0 Å². The van der Waals surface area contributed by atoms with E-state index in [9.17, 15) is 18.3 Å². The largest absolute Gasteiger partial charge is 0.393 e. The molecule has 1 aromatic rings. The highest BCUT2D eigenvalue weighted by molar-refractivity contribution is 7.89. The van der Waals surface area contributed by atoms with Gasteiger partial charge < -0.3 is 10.4 Å². The van der Waals surface area contributed by atoms with Crippen LogP contribution in [0.15, 0.2) is 29.2 Å². The van der Waals surface area contributed by atoms with Crippen LogP contribution in [0.2, 0.25) is 0 Å². The monoisotopic (exact) mass is 354 g/mol. The van der Waals surface area contributed by atoms with E-state index in [-0.39, 0.29) is 29.0 Å². The second-order valence-electron chi connectivity index (χ2n) is 6.43. The van der Waals surface area contributed by atoms with Crippen LogP contribution in [0.5, 0.6) is 0 Å². The average Bonchev–Trinajstić information content (AvgIpc) is 2.56. The van der Waals surface area contributed by atoms with Crippen molar-refractivity contribution in [2.75, 3.05) is 0 Å². The molecule has 0 saturated heterocycles. The molecule has 134 valence electrons. The van der Waals surface area contributed by atoms with Gasteiger partial charge in [0.05, 0.1) is 11.0 Å². The topological polar surface area (TPSA) is 95.5 Å². The first-order chi connectivity index (χ1) is 11.3. The van der Waals surface area contributed by atoms with Gasteiger partial charge in [-0.05, 0) is 63.3 Å². The Bertz CT molecular complexity index is 650. The van der Waals surface area contributed by atoms with Gasteiger partial charge in [0, 0.05) is 17.6 Å². The summed E-state index contributed by atoms with van der Waals surface area (Å²) in [6.07, 6.45) is 3.36. The number of nitrogens with one attached hydrogen (secondary N) is 2. The van der Waals surface area contributed by atoms with Gasteiger partial charge in [-0.2, -0.15) is 0 Å². The van der Waals surface area contributed by atoms with Crippen molar-refractivity contribution in [3.05, 3.63) is 29.8 Å². The summed E-state index contributed by atoms with van der Waals surface area (Å²) in [5.74, 6) is -0.213. The third-order valence-electron chi connectivity index (χ3n) is 4.43. The van der Waals surface area contributed by atoms with Gasteiger partial charge in [-0.3, -0.25) is 4.79 Å². The lowest BCUT2D eigenvalue weighted by atomic mass is 9.93. The summed E-state index contributed by atoms with van der Waals surface area (Å²) in [7, 11) is -3.56. The van der Waals surface area contributed by atoms with E-state index in [0.29, 0.717) is 24.8 Å². The number of rotatable bonds is 6. The summed E-state index contributed by atoms with van der Waals surface area (Å²) in [6, 6.07) is 5.88. The van der Waals surface area contributed by atoms with Gasteiger partial charge in [-0.15, -0.1) is 0 Å². The number of sulfonamides is 1. The van der Waals surface area contributed by atoms with E-state index in [1.165, 1.54) is 24.3 Å². The molecule has 7 heteroatoms. The molecule has 1 aliphatic rings. The summed E-state index contributed by atoms with van der Waals surface area (Å²) in [5, 5.41) is 12.4. The van der Waals surface area contributed by atoms with Crippen LogP contribution < -0.4 is 10.0 Å². The molecular weight excluding hydrogens is 328 g/mol. The summed E-state index contributed by atoms with van der Waals surface area (Å²) in [5.41, 5.74) is 0.434. The molecule has 1 aromatic carbocycles. The maximum absolute atomic E-state index is 12.2. The maximum Gasteiger partial charge on any atom is 0.251 e. The van der Waals surface area contributed by atoms with Gasteiger partial charge in [0.25, 0.3) is 5.91 Å². The number of benzene rings is 1. The first kappa shape index (κ1) is 18.9. The van der Waals surface area contributed by atoms with E-state index >= 15 is 0 Å². The van der Waals surface area contributed by atoms with Crippen LogP contribution in [0.1, 0.15) is 56.3 Å². The lowest BCUT2D eigenvalue weighted by Crippen LogP contribution is -2.38. The summed E-state index contributed by atoms with van der Waals surface area (Å²) >= 11 is 0. The Kier molecular flexibility index (Phi) is 6.37. The van der Waals surface area contributed by atoms with Gasteiger partial charge in [0.2, 0.25) is 10.0 Å². The van der Waals surface area contributed by atoms with Crippen LogP contribution in [0, 0.1) is 0 Å². The third-order valence-corrected chi connectivity index (χ3v) is 6.03. The smallest absolute Gasteiger partial charge is 0.251 e. The molecule has 1 amide bonds. The van der Waals surface area contributed by atoms with Crippen molar-refractivity contribution in [2.45, 2.75) is 69.0 Å². The second kappa shape index (κ2) is 8.09. The van der Waals surface area contributed by atoms with E-state index in [1.54, 1.807) is 6.92 Å². The first-order valence-electron chi connectivity index (χ1n) is 8.43. The molecule has 1 atom stereocenters. The lowest BCUT2D eigenvalue weighted by Gasteiger charge is -2.26. The van der Waals surface area contributed by atoms with E-state index < -0.39 is 10.0 Å². The molecule has 3 N–H and O–H groups in total. The molecule has 0 bridgehead atoms. The molecule has 0 heterocycles. The zero-order chi connectivity index (χ0) is 17.7. The van der Waals surface area contributed by atoms with E-state index in [2.05, 4.69) is 10.0 Å². The first-order valence-corrected chi connectivity index (χ1v) is 9.91. The molecule has 0 radical (unpaired) electrons. The van der Waals surface area contributed by atoms with Crippen molar-refractivity contribution in [1.82, 2.24) is 10.0 Å². The number of carbonyl (C=O) groups excluding carboxylic acids is 1. The fraction of sp³-hybridized carbons (Fsp3) is 0.588. The zero-order valence-electron chi connectivity index (χ0n) is 14.2. The van der Waals surface area contributed by atoms with Crippen LogP contribution in [0.4, 0.5) is 0 Å². The van der Waals surface area contributed by atoms with E-state index in [4.69, 9.17) is 0 Å². The maximum atomic E-state index is 12.2.